The van der Waals surface area contributed by atoms with Gasteiger partial charge in [0, 0.05) is 0 Å². The molecule has 0 fully saturated rings. The fourth-order valence-corrected chi connectivity index (χ4v) is 1.18. The highest BCUT2D eigenvalue weighted by atomic mass is 32.2. The van der Waals surface area contributed by atoms with Gasteiger partial charge < -0.3 is 10.8 Å². The maximum absolute atomic E-state index is 10.9. The van der Waals surface area contributed by atoms with Gasteiger partial charge in [-0.1, -0.05) is 0 Å². The third-order valence-corrected chi connectivity index (χ3v) is 2.02. The highest BCUT2D eigenvalue weighted by molar-refractivity contribution is 7.98. The first-order valence-corrected chi connectivity index (χ1v) is 4.96. The zero-order chi connectivity index (χ0) is 9.56. The largest absolute Gasteiger partial charge is 0.481 e. The molecule has 0 saturated heterocycles. The van der Waals surface area contributed by atoms with Gasteiger partial charge in [0.05, 0.1) is 6.04 Å². The summed E-state index contributed by atoms with van der Waals surface area (Å²) in [6.07, 6.45) is 2.00. The van der Waals surface area contributed by atoms with Gasteiger partial charge in [0.1, 0.15) is 6.42 Å². The van der Waals surface area contributed by atoms with Crippen molar-refractivity contribution in [3.8, 4) is 0 Å². The van der Waals surface area contributed by atoms with Crippen LogP contribution in [0.2, 0.25) is 0 Å². The number of ketones is 1. The van der Waals surface area contributed by atoms with Crippen LogP contribution in [0.15, 0.2) is 0 Å². The molecule has 0 heterocycles. The minimum atomic E-state index is -1.11. The van der Waals surface area contributed by atoms with E-state index in [0.29, 0.717) is 6.42 Å². The Morgan fingerprint density at radius 1 is 1.58 bits per heavy atom. The third-order valence-electron chi connectivity index (χ3n) is 1.37. The average Bonchev–Trinajstić information content (AvgIpc) is 1.98. The van der Waals surface area contributed by atoms with E-state index in [-0.39, 0.29) is 0 Å². The number of thioether (sulfide) groups is 1. The summed E-state index contributed by atoms with van der Waals surface area (Å²) in [4.78, 5) is 21.1. The molecule has 0 unspecified atom stereocenters. The van der Waals surface area contributed by atoms with Gasteiger partial charge in [0.15, 0.2) is 5.78 Å². The Bertz CT molecular complexity index is 172. The number of Topliss-reactive ketones (excluding diaryl/α,β-unsaturated/α-hetero) is 1. The number of carboxylic acid groups (broad SMARTS) is 1. The molecule has 0 rings (SSSR count). The molecule has 0 aromatic carbocycles. The Labute approximate surface area is 75.5 Å². The molecule has 1 atom stereocenters. The van der Waals surface area contributed by atoms with Crippen LogP contribution < -0.4 is 5.73 Å². The molecule has 4 nitrogen and oxygen atoms in total. The van der Waals surface area contributed by atoms with Gasteiger partial charge in [-0.05, 0) is 18.4 Å². The van der Waals surface area contributed by atoms with Crippen LogP contribution in [-0.4, -0.2) is 34.9 Å². The van der Waals surface area contributed by atoms with E-state index >= 15 is 0 Å². The Balaban J connectivity index is 3.69. The highest BCUT2D eigenvalue weighted by Gasteiger charge is 2.15. The normalized spacial score (nSPS) is 12.5. The molecule has 0 aliphatic rings. The van der Waals surface area contributed by atoms with E-state index in [2.05, 4.69) is 0 Å². The second-order valence-corrected chi connectivity index (χ2v) is 3.41. The van der Waals surface area contributed by atoms with Gasteiger partial charge in [-0.3, -0.25) is 9.59 Å². The Morgan fingerprint density at radius 2 is 2.17 bits per heavy atom. The van der Waals surface area contributed by atoms with E-state index in [9.17, 15) is 9.59 Å². The van der Waals surface area contributed by atoms with Crippen molar-refractivity contribution in [1.29, 1.82) is 0 Å². The standard InChI is InChI=1S/C7H13NO3S/c1-12-3-2-5(8)6(9)4-7(10)11/h5H,2-4,8H2,1H3,(H,10,11)/t5-/m0/s1. The monoisotopic (exact) mass is 191 g/mol. The summed E-state index contributed by atoms with van der Waals surface area (Å²) in [6, 6.07) is -0.617. The number of nitrogens with two attached hydrogens (primary N) is 1. The molecule has 0 amide bonds. The van der Waals surface area contributed by atoms with Crippen molar-refractivity contribution in [2.45, 2.75) is 18.9 Å². The Hall–Kier alpha value is -0.550. The summed E-state index contributed by atoms with van der Waals surface area (Å²) in [7, 11) is 0. The van der Waals surface area contributed by atoms with E-state index < -0.39 is 24.2 Å². The van der Waals surface area contributed by atoms with E-state index in [1.165, 1.54) is 0 Å². The molecule has 12 heavy (non-hydrogen) atoms. The van der Waals surface area contributed by atoms with Crippen LogP contribution in [0.1, 0.15) is 12.8 Å². The predicted octanol–water partition coefficient (Wildman–Crippen LogP) is 0.111. The molecule has 5 heteroatoms. The minimum Gasteiger partial charge on any atom is -0.481 e. The van der Waals surface area contributed by atoms with Crippen LogP contribution >= 0.6 is 11.8 Å². The highest BCUT2D eigenvalue weighted by Crippen LogP contribution is 2.01. The number of rotatable bonds is 6. The lowest BCUT2D eigenvalue weighted by atomic mass is 10.1. The molecule has 0 bridgehead atoms. The zero-order valence-electron chi connectivity index (χ0n) is 6.95. The van der Waals surface area contributed by atoms with Crippen molar-refractivity contribution in [2.24, 2.45) is 5.73 Å². The fourth-order valence-electron chi connectivity index (χ4n) is 0.686. The molecule has 0 aromatic heterocycles. The molecule has 0 radical (unpaired) electrons. The summed E-state index contributed by atoms with van der Waals surface area (Å²) in [6.45, 7) is 0. The lowest BCUT2D eigenvalue weighted by Crippen LogP contribution is -2.32. The van der Waals surface area contributed by atoms with Crippen LogP contribution in [0.25, 0.3) is 0 Å². The topological polar surface area (TPSA) is 80.4 Å². The zero-order valence-corrected chi connectivity index (χ0v) is 7.76. The molecule has 3 N–H and O–H groups in total. The van der Waals surface area contributed by atoms with E-state index in [1.807, 2.05) is 6.26 Å². The van der Waals surface area contributed by atoms with Gasteiger partial charge in [-0.2, -0.15) is 11.8 Å². The third kappa shape index (κ3) is 5.15. The van der Waals surface area contributed by atoms with E-state index in [1.54, 1.807) is 11.8 Å². The van der Waals surface area contributed by atoms with Crippen molar-refractivity contribution in [1.82, 2.24) is 0 Å². The second kappa shape index (κ2) is 6.02. The summed E-state index contributed by atoms with van der Waals surface area (Å²) in [5.74, 6) is -0.719. The van der Waals surface area contributed by atoms with E-state index in [4.69, 9.17) is 10.8 Å². The fraction of sp³-hybridized carbons (Fsp3) is 0.714. The van der Waals surface area contributed by atoms with Gasteiger partial charge >= 0.3 is 5.97 Å². The number of carbonyl (C=O) groups excluding carboxylic acids is 1. The molecule has 70 valence electrons. The van der Waals surface area contributed by atoms with E-state index in [0.717, 1.165) is 5.75 Å². The summed E-state index contributed by atoms with van der Waals surface area (Å²) < 4.78 is 0. The first-order valence-electron chi connectivity index (χ1n) is 3.57. The average molecular weight is 191 g/mol. The number of hydrogen-bond acceptors (Lipinski definition) is 4. The molecule has 0 aromatic rings. The molecule has 0 aliphatic carbocycles. The van der Waals surface area contributed by atoms with Gasteiger partial charge in [0.25, 0.3) is 0 Å². The summed E-state index contributed by atoms with van der Waals surface area (Å²) in [5, 5.41) is 8.28. The molecular formula is C7H13NO3S. The SMILES string of the molecule is CSCC[C@H](N)C(=O)CC(=O)O. The van der Waals surface area contributed by atoms with Crippen molar-refractivity contribution in [3.05, 3.63) is 0 Å². The maximum Gasteiger partial charge on any atom is 0.310 e. The molecule has 0 spiro atoms. The number of hydrogen-bond donors (Lipinski definition) is 2. The predicted molar refractivity (Wildman–Crippen MR) is 48.2 cm³/mol. The summed E-state index contributed by atoms with van der Waals surface area (Å²) in [5.41, 5.74) is 5.43. The molecule has 0 saturated carbocycles. The molecular weight excluding hydrogens is 178 g/mol. The smallest absolute Gasteiger partial charge is 0.310 e. The van der Waals surface area contributed by atoms with Crippen LogP contribution in [0.4, 0.5) is 0 Å². The Morgan fingerprint density at radius 3 is 2.58 bits per heavy atom. The number of carboxylic acids is 1. The van der Waals surface area contributed by atoms with Crippen LogP contribution in [0.5, 0.6) is 0 Å². The van der Waals surface area contributed by atoms with Gasteiger partial charge in [-0.25, -0.2) is 0 Å². The summed E-state index contributed by atoms with van der Waals surface area (Å²) >= 11 is 1.59. The van der Waals surface area contributed by atoms with Gasteiger partial charge in [-0.15, -0.1) is 0 Å². The first-order chi connectivity index (χ1) is 5.57. The molecule has 0 aliphatic heterocycles. The second-order valence-electron chi connectivity index (χ2n) is 2.42. The van der Waals surface area contributed by atoms with Gasteiger partial charge in [0.2, 0.25) is 0 Å². The van der Waals surface area contributed by atoms with Crippen molar-refractivity contribution >= 4 is 23.5 Å². The Kier molecular flexibility index (Phi) is 5.74. The maximum atomic E-state index is 10.9. The van der Waals surface area contributed by atoms with Crippen LogP contribution in [0.3, 0.4) is 0 Å². The van der Waals surface area contributed by atoms with Crippen molar-refractivity contribution in [2.75, 3.05) is 12.0 Å². The van der Waals surface area contributed by atoms with Crippen molar-refractivity contribution in [3.63, 3.8) is 0 Å². The van der Waals surface area contributed by atoms with Crippen LogP contribution in [0, 0.1) is 0 Å². The number of aliphatic carboxylic acids is 1. The lowest BCUT2D eigenvalue weighted by molar-refractivity contribution is -0.140. The lowest BCUT2D eigenvalue weighted by Gasteiger charge is -2.06. The number of carbonyl (C=O) groups is 2. The first kappa shape index (κ1) is 11.4. The van der Waals surface area contributed by atoms with Crippen molar-refractivity contribution < 1.29 is 14.7 Å². The quantitative estimate of drug-likeness (QED) is 0.582. The minimum absolute atomic E-state index is 0.392. The van der Waals surface area contributed by atoms with Crippen LogP contribution in [-0.2, 0) is 9.59 Å².